The van der Waals surface area contributed by atoms with Crippen molar-refractivity contribution < 1.29 is 19.1 Å². The highest BCUT2D eigenvalue weighted by molar-refractivity contribution is 6.39. The zero-order valence-corrected chi connectivity index (χ0v) is 14.3. The predicted molar refractivity (Wildman–Crippen MR) is 92.9 cm³/mol. The topological polar surface area (TPSA) is 91.6 Å². The molecule has 0 bridgehead atoms. The second-order valence-electron chi connectivity index (χ2n) is 6.61. The van der Waals surface area contributed by atoms with E-state index < -0.39 is 17.4 Å². The van der Waals surface area contributed by atoms with E-state index in [1.54, 1.807) is 18.2 Å². The summed E-state index contributed by atoms with van der Waals surface area (Å²) < 4.78 is 5.31. The first-order chi connectivity index (χ1) is 11.9. The van der Waals surface area contributed by atoms with Crippen molar-refractivity contribution in [3.63, 3.8) is 0 Å². The first-order valence-electron chi connectivity index (χ1n) is 8.33. The normalized spacial score (nSPS) is 16.1. The first kappa shape index (κ1) is 17.2. The van der Waals surface area contributed by atoms with Crippen molar-refractivity contribution in [2.75, 3.05) is 11.9 Å². The number of benzene rings is 1. The molecule has 0 unspecified atom stereocenters. The monoisotopic (exact) mass is 342 g/mol. The lowest BCUT2D eigenvalue weighted by Crippen LogP contribution is -2.45. The lowest BCUT2D eigenvalue weighted by atomic mass is 9.94. The highest BCUT2D eigenvalue weighted by atomic mass is 16.4. The van der Waals surface area contributed by atoms with Crippen LogP contribution in [0.25, 0.3) is 0 Å². The Morgan fingerprint density at radius 3 is 2.56 bits per heavy atom. The van der Waals surface area contributed by atoms with Crippen LogP contribution in [0.5, 0.6) is 0 Å². The van der Waals surface area contributed by atoms with Gasteiger partial charge in [0.1, 0.15) is 11.4 Å². The standard InChI is InChI=1S/C19H22N2O4/c1-12-5-8-15(10-13(12)2)21-18(23)17(22)20-11-19(24,14-6-7-14)16-4-3-9-25-16/h3-5,8-10,14,24H,6-7,11H2,1-2H3,(H,20,22)(H,21,23)/t19-/m0/s1. The number of hydrogen-bond acceptors (Lipinski definition) is 4. The van der Waals surface area contributed by atoms with E-state index in [9.17, 15) is 14.7 Å². The molecule has 1 aliphatic rings. The average Bonchev–Trinajstić information content (AvgIpc) is 3.30. The van der Waals surface area contributed by atoms with E-state index >= 15 is 0 Å². The van der Waals surface area contributed by atoms with Crippen LogP contribution in [0.3, 0.4) is 0 Å². The molecule has 1 aromatic heterocycles. The number of hydrogen-bond donors (Lipinski definition) is 3. The number of aryl methyl sites for hydroxylation is 2. The summed E-state index contributed by atoms with van der Waals surface area (Å²) in [6.45, 7) is 3.84. The summed E-state index contributed by atoms with van der Waals surface area (Å²) in [7, 11) is 0. The fourth-order valence-corrected chi connectivity index (χ4v) is 2.82. The Kier molecular flexibility index (Phi) is 4.63. The maximum Gasteiger partial charge on any atom is 0.313 e. The van der Waals surface area contributed by atoms with Gasteiger partial charge in [0.25, 0.3) is 0 Å². The van der Waals surface area contributed by atoms with Crippen molar-refractivity contribution in [2.45, 2.75) is 32.3 Å². The molecule has 1 heterocycles. The number of nitrogens with one attached hydrogen (secondary N) is 2. The number of rotatable bonds is 5. The summed E-state index contributed by atoms with van der Waals surface area (Å²) in [5, 5.41) is 15.9. The van der Waals surface area contributed by atoms with Gasteiger partial charge < -0.3 is 20.2 Å². The first-order valence-corrected chi connectivity index (χ1v) is 8.33. The molecule has 1 aromatic carbocycles. The van der Waals surface area contributed by atoms with E-state index in [-0.39, 0.29) is 12.5 Å². The van der Waals surface area contributed by atoms with Crippen LogP contribution >= 0.6 is 0 Å². The summed E-state index contributed by atoms with van der Waals surface area (Å²) in [5.41, 5.74) is 1.42. The number of carbonyl (C=O) groups is 2. The lowest BCUT2D eigenvalue weighted by Gasteiger charge is -2.26. The van der Waals surface area contributed by atoms with Crippen molar-refractivity contribution in [1.29, 1.82) is 0 Å². The average molecular weight is 342 g/mol. The molecule has 6 heteroatoms. The second-order valence-corrected chi connectivity index (χ2v) is 6.61. The van der Waals surface area contributed by atoms with Gasteiger partial charge in [0, 0.05) is 5.69 Å². The van der Waals surface area contributed by atoms with Gasteiger partial charge in [0.05, 0.1) is 12.8 Å². The Hall–Kier alpha value is -2.60. The molecule has 3 rings (SSSR count). The summed E-state index contributed by atoms with van der Waals surface area (Å²) in [5.74, 6) is -1.11. The van der Waals surface area contributed by atoms with Gasteiger partial charge in [-0.1, -0.05) is 6.07 Å². The number of anilines is 1. The van der Waals surface area contributed by atoms with E-state index in [2.05, 4.69) is 10.6 Å². The van der Waals surface area contributed by atoms with Gasteiger partial charge in [-0.05, 0) is 68.0 Å². The van der Waals surface area contributed by atoms with Crippen LogP contribution in [-0.2, 0) is 15.2 Å². The maximum absolute atomic E-state index is 12.1. The lowest BCUT2D eigenvalue weighted by molar-refractivity contribution is -0.137. The molecule has 0 radical (unpaired) electrons. The Morgan fingerprint density at radius 2 is 1.96 bits per heavy atom. The van der Waals surface area contributed by atoms with Crippen LogP contribution in [0.15, 0.2) is 41.0 Å². The predicted octanol–water partition coefficient (Wildman–Crippen LogP) is 2.25. The number of amides is 2. The molecular formula is C19H22N2O4. The van der Waals surface area contributed by atoms with Crippen LogP contribution < -0.4 is 10.6 Å². The molecule has 1 saturated carbocycles. The SMILES string of the molecule is Cc1ccc(NC(=O)C(=O)NC[C@@](O)(c2ccco2)C2CC2)cc1C. The quantitative estimate of drug-likeness (QED) is 0.727. The van der Waals surface area contributed by atoms with E-state index in [4.69, 9.17) is 4.42 Å². The smallest absolute Gasteiger partial charge is 0.313 e. The molecule has 0 spiro atoms. The van der Waals surface area contributed by atoms with Crippen molar-refractivity contribution in [2.24, 2.45) is 5.92 Å². The van der Waals surface area contributed by atoms with Crippen LogP contribution in [-0.4, -0.2) is 23.5 Å². The van der Waals surface area contributed by atoms with E-state index in [1.807, 2.05) is 26.0 Å². The third kappa shape index (κ3) is 3.74. The number of furan rings is 1. The third-order valence-electron chi connectivity index (χ3n) is 4.69. The van der Waals surface area contributed by atoms with Gasteiger partial charge in [-0.3, -0.25) is 9.59 Å². The molecule has 1 fully saturated rings. The Morgan fingerprint density at radius 1 is 1.20 bits per heavy atom. The Balaban J connectivity index is 1.61. The zero-order chi connectivity index (χ0) is 18.0. The zero-order valence-electron chi connectivity index (χ0n) is 14.3. The molecule has 6 nitrogen and oxygen atoms in total. The highest BCUT2D eigenvalue weighted by Crippen LogP contribution is 2.45. The van der Waals surface area contributed by atoms with Gasteiger partial charge >= 0.3 is 11.8 Å². The largest absolute Gasteiger partial charge is 0.466 e. The molecule has 3 N–H and O–H groups in total. The van der Waals surface area contributed by atoms with Crippen molar-refractivity contribution in [3.8, 4) is 0 Å². The van der Waals surface area contributed by atoms with Gasteiger partial charge in [-0.2, -0.15) is 0 Å². The van der Waals surface area contributed by atoms with Crippen molar-refractivity contribution in [1.82, 2.24) is 5.32 Å². The molecule has 25 heavy (non-hydrogen) atoms. The van der Waals surface area contributed by atoms with E-state index in [0.29, 0.717) is 11.4 Å². The molecule has 0 saturated heterocycles. The fraction of sp³-hybridized carbons (Fsp3) is 0.368. The molecule has 1 aliphatic carbocycles. The molecule has 2 amide bonds. The Bertz CT molecular complexity index is 781. The van der Waals surface area contributed by atoms with E-state index in [1.165, 1.54) is 6.26 Å². The summed E-state index contributed by atoms with van der Waals surface area (Å²) in [6.07, 6.45) is 3.21. The van der Waals surface area contributed by atoms with E-state index in [0.717, 1.165) is 24.0 Å². The maximum atomic E-state index is 12.1. The third-order valence-corrected chi connectivity index (χ3v) is 4.69. The van der Waals surface area contributed by atoms with Gasteiger partial charge in [-0.15, -0.1) is 0 Å². The number of aliphatic hydroxyl groups is 1. The minimum atomic E-state index is -1.28. The van der Waals surface area contributed by atoms with Gasteiger partial charge in [-0.25, -0.2) is 0 Å². The molecule has 2 aromatic rings. The minimum Gasteiger partial charge on any atom is -0.466 e. The van der Waals surface area contributed by atoms with Crippen molar-refractivity contribution >= 4 is 17.5 Å². The van der Waals surface area contributed by atoms with Crippen LogP contribution in [0, 0.1) is 19.8 Å². The Labute approximate surface area is 146 Å². The summed E-state index contributed by atoms with van der Waals surface area (Å²) in [4.78, 5) is 24.2. The molecule has 1 atom stereocenters. The van der Waals surface area contributed by atoms with Crippen LogP contribution in [0.2, 0.25) is 0 Å². The summed E-state index contributed by atoms with van der Waals surface area (Å²) in [6, 6.07) is 8.81. The van der Waals surface area contributed by atoms with Crippen LogP contribution in [0.1, 0.15) is 29.7 Å². The highest BCUT2D eigenvalue weighted by Gasteiger charge is 2.47. The fourth-order valence-electron chi connectivity index (χ4n) is 2.82. The van der Waals surface area contributed by atoms with Gasteiger partial charge in [0.2, 0.25) is 0 Å². The minimum absolute atomic E-state index is 0.0294. The van der Waals surface area contributed by atoms with Crippen molar-refractivity contribution in [3.05, 3.63) is 53.5 Å². The molecule has 132 valence electrons. The molecular weight excluding hydrogens is 320 g/mol. The summed E-state index contributed by atoms with van der Waals surface area (Å²) >= 11 is 0. The second kappa shape index (κ2) is 6.72. The number of carbonyl (C=O) groups excluding carboxylic acids is 2. The molecule has 0 aliphatic heterocycles. The van der Waals surface area contributed by atoms with Crippen LogP contribution in [0.4, 0.5) is 5.69 Å². The van der Waals surface area contributed by atoms with Gasteiger partial charge in [0.15, 0.2) is 0 Å².